The molecule has 0 radical (unpaired) electrons. The van der Waals surface area contributed by atoms with E-state index in [1.165, 1.54) is 12.1 Å². The van der Waals surface area contributed by atoms with Gasteiger partial charge in [-0.25, -0.2) is 0 Å². The Bertz CT molecular complexity index is 967. The van der Waals surface area contributed by atoms with E-state index in [0.717, 1.165) is 29.0 Å². The monoisotopic (exact) mass is 402 g/mol. The zero-order valence-electron chi connectivity index (χ0n) is 16.0. The van der Waals surface area contributed by atoms with Crippen molar-refractivity contribution in [2.24, 2.45) is 0 Å². The molecule has 0 amide bonds. The molecule has 2 aromatic rings. The van der Waals surface area contributed by atoms with E-state index in [1.807, 2.05) is 41.4 Å². The zero-order valence-corrected chi connectivity index (χ0v) is 16.0. The first kappa shape index (κ1) is 19.3. The van der Waals surface area contributed by atoms with Crippen molar-refractivity contribution in [1.29, 1.82) is 0 Å². The Morgan fingerprint density at radius 1 is 1.21 bits per heavy atom. The minimum Gasteiger partial charge on any atom is -0.387 e. The average molecular weight is 402 g/mol. The number of aliphatic hydroxyl groups excluding tert-OH is 1. The smallest absolute Gasteiger partial charge is 0.387 e. The Labute approximate surface area is 166 Å². The minimum atomic E-state index is -4.35. The molecular weight excluding hydrogens is 381 g/mol. The van der Waals surface area contributed by atoms with E-state index in [-0.39, 0.29) is 6.04 Å². The topological polar surface area (TPSA) is 51.6 Å². The van der Waals surface area contributed by atoms with Crippen molar-refractivity contribution in [3.63, 3.8) is 0 Å². The van der Waals surface area contributed by atoms with Crippen LogP contribution >= 0.6 is 0 Å². The maximum atomic E-state index is 12.9. The second-order valence-corrected chi connectivity index (χ2v) is 7.26. The van der Waals surface area contributed by atoms with Gasteiger partial charge >= 0.3 is 6.18 Å². The van der Waals surface area contributed by atoms with Crippen LogP contribution in [-0.2, 0) is 6.18 Å². The van der Waals surface area contributed by atoms with E-state index in [9.17, 15) is 18.3 Å². The summed E-state index contributed by atoms with van der Waals surface area (Å²) >= 11 is 0. The highest BCUT2D eigenvalue weighted by Gasteiger charge is 2.33. The third-order valence-electron chi connectivity index (χ3n) is 5.11. The Balaban J connectivity index is 1.67. The average Bonchev–Trinajstić information content (AvgIpc) is 3.12. The summed E-state index contributed by atoms with van der Waals surface area (Å²) in [5.41, 5.74) is 6.60. The van der Waals surface area contributed by atoms with Gasteiger partial charge < -0.3 is 15.4 Å². The van der Waals surface area contributed by atoms with Crippen LogP contribution in [0.1, 0.15) is 36.8 Å². The molecule has 0 aliphatic carbocycles. The number of fused-ring (bicyclic) bond motifs is 1. The summed E-state index contributed by atoms with van der Waals surface area (Å²) in [7, 11) is 0. The van der Waals surface area contributed by atoms with E-state index in [2.05, 4.69) is 10.4 Å². The number of alkyl halides is 3. The molecule has 1 aromatic carbocycles. The molecule has 2 aliphatic heterocycles. The van der Waals surface area contributed by atoms with Crippen LogP contribution in [0.4, 0.5) is 18.9 Å². The summed E-state index contributed by atoms with van der Waals surface area (Å²) in [6.07, 6.45) is 0.443. The van der Waals surface area contributed by atoms with Crippen LogP contribution in [0.2, 0.25) is 0 Å². The summed E-state index contributed by atoms with van der Waals surface area (Å²) < 4.78 is 38.6. The van der Waals surface area contributed by atoms with Crippen molar-refractivity contribution in [3.8, 4) is 0 Å². The number of rotatable bonds is 3. The molecule has 2 aliphatic rings. The predicted octanol–water partition coefficient (Wildman–Crippen LogP) is 4.06. The number of allylic oxidation sites excluding steroid dienone is 1. The molecule has 5 nitrogen and oxygen atoms in total. The molecule has 4 rings (SSSR count). The summed E-state index contributed by atoms with van der Waals surface area (Å²) in [4.78, 5) is 6.14. The number of pyridine rings is 1. The molecule has 1 unspecified atom stereocenters. The first-order valence-corrected chi connectivity index (χ1v) is 9.30. The van der Waals surface area contributed by atoms with Crippen molar-refractivity contribution < 1.29 is 18.3 Å². The highest BCUT2D eigenvalue weighted by Crippen LogP contribution is 2.36. The third kappa shape index (κ3) is 3.67. The van der Waals surface area contributed by atoms with Crippen molar-refractivity contribution >= 4 is 11.3 Å². The van der Waals surface area contributed by atoms with Crippen LogP contribution in [0.5, 0.6) is 0 Å². The maximum Gasteiger partial charge on any atom is 0.416 e. The van der Waals surface area contributed by atoms with Gasteiger partial charge in [-0.2, -0.15) is 13.2 Å². The van der Waals surface area contributed by atoms with Gasteiger partial charge in [0, 0.05) is 36.4 Å². The lowest BCUT2D eigenvalue weighted by Gasteiger charge is -2.38. The van der Waals surface area contributed by atoms with Gasteiger partial charge in [-0.3, -0.25) is 9.99 Å². The Morgan fingerprint density at radius 2 is 1.93 bits per heavy atom. The SMILES string of the molecule is CC(O)c1cc(C2=CNN3C2=CN(c2ccc(C(F)(F)F)cc2)C[C@@H]3C)ccn1. The fourth-order valence-electron chi connectivity index (χ4n) is 3.57. The number of hydrogen-bond acceptors (Lipinski definition) is 5. The number of anilines is 1. The number of benzene rings is 1. The van der Waals surface area contributed by atoms with Crippen LogP contribution in [-0.4, -0.2) is 27.7 Å². The normalized spacial score (nSPS) is 20.0. The highest BCUT2D eigenvalue weighted by atomic mass is 19.4. The molecule has 0 saturated heterocycles. The molecule has 2 atom stereocenters. The Hall–Kier alpha value is -3.00. The number of nitrogens with zero attached hydrogens (tertiary/aromatic N) is 3. The lowest BCUT2D eigenvalue weighted by molar-refractivity contribution is -0.137. The summed E-state index contributed by atoms with van der Waals surface area (Å²) in [5, 5.41) is 11.9. The van der Waals surface area contributed by atoms with Crippen molar-refractivity contribution in [2.75, 3.05) is 11.4 Å². The Morgan fingerprint density at radius 3 is 2.59 bits per heavy atom. The lowest BCUT2D eigenvalue weighted by atomic mass is 10.0. The zero-order chi connectivity index (χ0) is 20.8. The fraction of sp³-hybridized carbons (Fsp3) is 0.286. The van der Waals surface area contributed by atoms with Crippen LogP contribution in [0.15, 0.2) is 60.7 Å². The van der Waals surface area contributed by atoms with Crippen molar-refractivity contribution in [2.45, 2.75) is 32.2 Å². The van der Waals surface area contributed by atoms with Gasteiger partial charge in [0.25, 0.3) is 0 Å². The molecule has 0 spiro atoms. The highest BCUT2D eigenvalue weighted by molar-refractivity contribution is 5.81. The number of aromatic nitrogens is 1. The number of halogens is 3. The number of nitrogens with one attached hydrogen (secondary N) is 1. The van der Waals surface area contributed by atoms with Crippen LogP contribution in [0.3, 0.4) is 0 Å². The van der Waals surface area contributed by atoms with Gasteiger partial charge in [-0.15, -0.1) is 0 Å². The molecule has 8 heteroatoms. The first-order chi connectivity index (χ1) is 13.7. The van der Waals surface area contributed by atoms with Gasteiger partial charge in [0.1, 0.15) is 0 Å². The van der Waals surface area contributed by atoms with Crippen LogP contribution in [0, 0.1) is 0 Å². The van der Waals surface area contributed by atoms with Crippen molar-refractivity contribution in [1.82, 2.24) is 15.4 Å². The van der Waals surface area contributed by atoms with Crippen molar-refractivity contribution in [3.05, 3.63) is 77.5 Å². The van der Waals surface area contributed by atoms with Gasteiger partial charge in [-0.05, 0) is 55.8 Å². The third-order valence-corrected chi connectivity index (χ3v) is 5.11. The fourth-order valence-corrected chi connectivity index (χ4v) is 3.57. The van der Waals surface area contributed by atoms with Gasteiger partial charge in [-0.1, -0.05) is 0 Å². The molecule has 0 fully saturated rings. The quantitative estimate of drug-likeness (QED) is 0.811. The molecule has 152 valence electrons. The van der Waals surface area contributed by atoms with Crippen LogP contribution < -0.4 is 10.3 Å². The van der Waals surface area contributed by atoms with E-state index in [0.29, 0.717) is 17.9 Å². The number of aliphatic hydroxyl groups is 1. The van der Waals surface area contributed by atoms with Crippen LogP contribution in [0.25, 0.3) is 5.57 Å². The first-order valence-electron chi connectivity index (χ1n) is 9.30. The summed E-state index contributed by atoms with van der Waals surface area (Å²) in [6, 6.07) is 8.98. The van der Waals surface area contributed by atoms with E-state index in [4.69, 9.17) is 0 Å². The summed E-state index contributed by atoms with van der Waals surface area (Å²) in [6.45, 7) is 4.33. The van der Waals surface area contributed by atoms with Gasteiger partial charge in [0.05, 0.1) is 29.1 Å². The van der Waals surface area contributed by atoms with E-state index >= 15 is 0 Å². The summed E-state index contributed by atoms with van der Waals surface area (Å²) in [5.74, 6) is 0. The number of hydrazine groups is 1. The lowest BCUT2D eigenvalue weighted by Crippen LogP contribution is -2.47. The molecule has 2 N–H and O–H groups in total. The predicted molar refractivity (Wildman–Crippen MR) is 104 cm³/mol. The molecule has 0 bridgehead atoms. The maximum absolute atomic E-state index is 12.9. The second-order valence-electron chi connectivity index (χ2n) is 7.26. The molecule has 29 heavy (non-hydrogen) atoms. The Kier molecular flexibility index (Phi) is 4.74. The molecule has 0 saturated carbocycles. The number of hydrogen-bond donors (Lipinski definition) is 2. The molecular formula is C21H21F3N4O. The van der Waals surface area contributed by atoms with Gasteiger partial charge in [0.2, 0.25) is 0 Å². The largest absolute Gasteiger partial charge is 0.416 e. The standard InChI is InChI=1S/C21H21F3N4O/c1-13-11-27(17-5-3-16(4-6-17)21(22,23)24)12-20-18(10-26-28(13)20)15-7-8-25-19(9-15)14(2)29/h3-10,12-14,26,29H,11H2,1-2H3/t13-,14?/m0/s1. The minimum absolute atomic E-state index is 0.0871. The van der Waals surface area contributed by atoms with E-state index < -0.39 is 17.8 Å². The molecule has 1 aromatic heterocycles. The van der Waals surface area contributed by atoms with Gasteiger partial charge in [0.15, 0.2) is 0 Å². The van der Waals surface area contributed by atoms with E-state index in [1.54, 1.807) is 13.1 Å². The molecule has 3 heterocycles. The second kappa shape index (κ2) is 7.11.